The van der Waals surface area contributed by atoms with E-state index in [-0.39, 0.29) is 0 Å². The molecule has 0 spiro atoms. The summed E-state index contributed by atoms with van der Waals surface area (Å²) in [4.78, 5) is 9.03. The third-order valence-electron chi connectivity index (χ3n) is 2.65. The first-order chi connectivity index (χ1) is 9.43. The van der Waals surface area contributed by atoms with Gasteiger partial charge in [0.1, 0.15) is 0 Å². The lowest BCUT2D eigenvalue weighted by Crippen LogP contribution is -1.85. The number of para-hydroxylation sites is 4. The second kappa shape index (κ2) is 5.27. The van der Waals surface area contributed by atoms with Gasteiger partial charge in [-0.2, -0.15) is 5.10 Å². The lowest BCUT2D eigenvalue weighted by molar-refractivity contribution is 1.09. The molecule has 2 aromatic carbocycles. The first-order valence-electron chi connectivity index (χ1n) is 5.99. The molecule has 0 aliphatic rings. The molecule has 4 nitrogen and oxygen atoms in total. The third kappa shape index (κ3) is 2.57. The lowest BCUT2D eigenvalue weighted by atomic mass is 10.2. The number of H-pyrrole nitrogens is 1. The topological polar surface area (TPSA) is 54.5 Å². The van der Waals surface area contributed by atoms with Crippen molar-refractivity contribution in [3.63, 3.8) is 0 Å². The van der Waals surface area contributed by atoms with E-state index in [2.05, 4.69) is 20.2 Å². The highest BCUT2D eigenvalue weighted by atomic mass is 15.1. The molecule has 0 bridgehead atoms. The van der Waals surface area contributed by atoms with Gasteiger partial charge in [0.15, 0.2) is 0 Å². The lowest BCUT2D eigenvalue weighted by Gasteiger charge is -1.98. The summed E-state index contributed by atoms with van der Waals surface area (Å²) in [5, 5.41) is 6.21. The Balaban J connectivity index is 0.000000187. The second-order valence-electron chi connectivity index (χ2n) is 3.97. The highest BCUT2D eigenvalue weighted by Crippen LogP contribution is 2.14. The minimum Gasteiger partial charge on any atom is -0.286 e. The summed E-state index contributed by atoms with van der Waals surface area (Å²) in [6.07, 6.45) is 3.46. The van der Waals surface area contributed by atoms with Crippen molar-refractivity contribution in [1.82, 2.24) is 20.2 Å². The zero-order valence-corrected chi connectivity index (χ0v) is 10.2. The predicted molar refractivity (Wildman–Crippen MR) is 75.6 cm³/mol. The average Bonchev–Trinajstić information content (AvgIpc) is 3.04. The molecule has 0 saturated carbocycles. The molecule has 0 radical (unpaired) electrons. The molecule has 0 amide bonds. The highest BCUT2D eigenvalue weighted by molar-refractivity contribution is 5.85. The quantitative estimate of drug-likeness (QED) is 0.486. The van der Waals surface area contributed by atoms with E-state index in [4.69, 9.17) is 0 Å². The van der Waals surface area contributed by atoms with Gasteiger partial charge in [0.25, 0.3) is 0 Å². The van der Waals surface area contributed by atoms with Gasteiger partial charge in [-0.3, -0.25) is 5.10 Å². The number of benzene rings is 2. The number of nitrogens with zero attached hydrogens (tertiary/aromatic N) is 3. The fraction of sp³-hybridized carbons (Fsp3) is 0. The Labute approximate surface area is 110 Å². The molecule has 0 aliphatic heterocycles. The third-order valence-corrected chi connectivity index (χ3v) is 2.65. The van der Waals surface area contributed by atoms with Gasteiger partial charge in [-0.1, -0.05) is 24.3 Å². The molecule has 4 aromatic rings. The van der Waals surface area contributed by atoms with Crippen LogP contribution in [0.1, 0.15) is 0 Å². The molecule has 19 heavy (non-hydrogen) atoms. The van der Waals surface area contributed by atoms with E-state index in [1.54, 1.807) is 12.4 Å². The Kier molecular flexibility index (Phi) is 3.14. The van der Waals surface area contributed by atoms with Crippen molar-refractivity contribution in [2.45, 2.75) is 0 Å². The van der Waals surface area contributed by atoms with Crippen molar-refractivity contribution in [1.29, 1.82) is 0 Å². The number of hydrogen-bond donors (Lipinski definition) is 1. The van der Waals surface area contributed by atoms with E-state index in [0.29, 0.717) is 0 Å². The Morgan fingerprint density at radius 2 is 1.11 bits per heavy atom. The van der Waals surface area contributed by atoms with Crippen LogP contribution in [0.25, 0.3) is 22.1 Å². The van der Waals surface area contributed by atoms with Gasteiger partial charge in [0.2, 0.25) is 0 Å². The number of aromatic amines is 1. The van der Waals surface area contributed by atoms with Crippen LogP contribution in [0.15, 0.2) is 67.0 Å². The summed E-state index contributed by atoms with van der Waals surface area (Å²) in [5.74, 6) is 0. The van der Waals surface area contributed by atoms with Gasteiger partial charge in [-0.15, -0.1) is 0 Å². The van der Waals surface area contributed by atoms with Crippen molar-refractivity contribution >= 4 is 22.1 Å². The van der Waals surface area contributed by atoms with Gasteiger partial charge in [0, 0.05) is 12.4 Å². The van der Waals surface area contributed by atoms with Crippen molar-refractivity contribution in [3.05, 3.63) is 67.0 Å². The van der Waals surface area contributed by atoms with Crippen LogP contribution in [-0.2, 0) is 0 Å². The molecule has 0 fully saturated rings. The Morgan fingerprint density at radius 1 is 0.632 bits per heavy atom. The zero-order chi connectivity index (χ0) is 12.9. The van der Waals surface area contributed by atoms with Gasteiger partial charge < -0.3 is 0 Å². The summed E-state index contributed by atoms with van der Waals surface area (Å²) >= 11 is 0. The van der Waals surface area contributed by atoms with Gasteiger partial charge in [-0.25, -0.2) is 9.97 Å². The highest BCUT2D eigenvalue weighted by Gasteiger charge is 1.98. The molecular formula is C15H12N4. The Hall–Kier alpha value is -2.75. The zero-order valence-electron chi connectivity index (χ0n) is 10.2. The van der Waals surface area contributed by atoms with E-state index < -0.39 is 0 Å². The number of aromatic nitrogens is 4. The summed E-state index contributed by atoms with van der Waals surface area (Å²) in [5.41, 5.74) is 3.80. The number of hydrogen-bond acceptors (Lipinski definition) is 3. The van der Waals surface area contributed by atoms with Crippen LogP contribution in [0, 0.1) is 0 Å². The maximum absolute atomic E-state index is 4.52. The van der Waals surface area contributed by atoms with Crippen molar-refractivity contribution in [2.75, 3.05) is 0 Å². The van der Waals surface area contributed by atoms with Crippen molar-refractivity contribution in [3.8, 4) is 0 Å². The van der Waals surface area contributed by atoms with E-state index in [1.165, 1.54) is 0 Å². The van der Waals surface area contributed by atoms with Gasteiger partial charge >= 0.3 is 0 Å². The largest absolute Gasteiger partial charge is 0.286 e. The van der Waals surface area contributed by atoms with Crippen LogP contribution < -0.4 is 0 Å². The fourth-order valence-corrected chi connectivity index (χ4v) is 1.78. The first kappa shape index (κ1) is 11.3. The van der Waals surface area contributed by atoms with Crippen LogP contribution >= 0.6 is 0 Å². The van der Waals surface area contributed by atoms with Crippen LogP contribution in [0.3, 0.4) is 0 Å². The maximum Gasteiger partial charge on any atom is 0.0894 e. The number of rotatable bonds is 0. The predicted octanol–water partition coefficient (Wildman–Crippen LogP) is 3.19. The summed E-state index contributed by atoms with van der Waals surface area (Å²) < 4.78 is 0. The molecule has 4 heteroatoms. The van der Waals surface area contributed by atoms with E-state index in [0.717, 1.165) is 22.1 Å². The summed E-state index contributed by atoms with van der Waals surface area (Å²) in [6, 6.07) is 17.7. The number of nitrogens with one attached hydrogen (secondary N) is 1. The van der Waals surface area contributed by atoms with Crippen LogP contribution in [0.4, 0.5) is 0 Å². The number of fused-ring (bicyclic) bond motifs is 2. The average molecular weight is 248 g/mol. The van der Waals surface area contributed by atoms with Gasteiger partial charge in [0.05, 0.1) is 22.1 Å². The molecule has 4 rings (SSSR count). The van der Waals surface area contributed by atoms with Crippen LogP contribution in [-0.4, -0.2) is 20.2 Å². The molecule has 0 saturated heterocycles. The fourth-order valence-electron chi connectivity index (χ4n) is 1.78. The molecule has 92 valence electrons. The smallest absolute Gasteiger partial charge is 0.0894 e. The standard InChI is InChI=1S/C12H8N2.C3H4N2/c1-2-6-10-9(5-1)13-11-7-3-4-8-12(11)14-10;1-2-4-5-3-1/h1-8H;1-3H,(H,4,5). The van der Waals surface area contributed by atoms with Crippen LogP contribution in [0.2, 0.25) is 0 Å². The first-order valence-corrected chi connectivity index (χ1v) is 5.99. The monoisotopic (exact) mass is 248 g/mol. The minimum absolute atomic E-state index is 0.950. The van der Waals surface area contributed by atoms with Crippen LogP contribution in [0.5, 0.6) is 0 Å². The van der Waals surface area contributed by atoms with E-state index in [9.17, 15) is 0 Å². The molecule has 0 unspecified atom stereocenters. The minimum atomic E-state index is 0.950. The van der Waals surface area contributed by atoms with Crippen molar-refractivity contribution in [2.24, 2.45) is 0 Å². The summed E-state index contributed by atoms with van der Waals surface area (Å²) in [7, 11) is 0. The summed E-state index contributed by atoms with van der Waals surface area (Å²) in [6.45, 7) is 0. The normalized spacial score (nSPS) is 10.1. The molecule has 2 aromatic heterocycles. The maximum atomic E-state index is 4.52. The van der Waals surface area contributed by atoms with E-state index >= 15 is 0 Å². The Morgan fingerprint density at radius 3 is 1.37 bits per heavy atom. The molecular weight excluding hydrogens is 236 g/mol. The SMILES string of the molecule is c1ccc2nc3ccccc3nc2c1.c1cn[nH]c1. The second-order valence-corrected chi connectivity index (χ2v) is 3.97. The molecule has 2 heterocycles. The Bertz CT molecular complexity index is 656. The van der Waals surface area contributed by atoms with Crippen molar-refractivity contribution < 1.29 is 0 Å². The molecule has 0 atom stereocenters. The van der Waals surface area contributed by atoms with E-state index in [1.807, 2.05) is 54.6 Å². The molecule has 1 N–H and O–H groups in total. The van der Waals surface area contributed by atoms with Gasteiger partial charge in [-0.05, 0) is 30.3 Å². The molecule has 0 aliphatic carbocycles.